The molecule has 4 N–H and O–H groups in total. The van der Waals surface area contributed by atoms with Crippen molar-refractivity contribution in [3.05, 3.63) is 93.8 Å². The molecule has 0 aliphatic carbocycles. The summed E-state index contributed by atoms with van der Waals surface area (Å²) in [6, 6.07) is 12.7. The van der Waals surface area contributed by atoms with E-state index < -0.39 is 46.9 Å². The second-order valence-electron chi connectivity index (χ2n) is 7.71. The van der Waals surface area contributed by atoms with Crippen molar-refractivity contribution in [3.8, 4) is 17.2 Å². The second-order valence-corrected chi connectivity index (χ2v) is 8.59. The van der Waals surface area contributed by atoms with Gasteiger partial charge in [-0.3, -0.25) is 10.1 Å². The number of halogens is 6. The zero-order chi connectivity index (χ0) is 27.6. The molecule has 0 saturated carbocycles. The molecule has 0 aliphatic heterocycles. The molecule has 0 aliphatic rings. The lowest BCUT2D eigenvalue weighted by Gasteiger charge is -2.13. The molecular formula is C24H15Cl2F4N5O3. The third-order valence-corrected chi connectivity index (χ3v) is 5.24. The highest BCUT2D eigenvalue weighted by atomic mass is 35.5. The van der Waals surface area contributed by atoms with Crippen LogP contribution in [0.15, 0.2) is 71.7 Å². The van der Waals surface area contributed by atoms with E-state index in [1.54, 1.807) is 0 Å². The number of nitrogens with zero attached hydrogens (tertiary/aromatic N) is 3. The number of hydrogen-bond donors (Lipinski definition) is 4. The smallest absolute Gasteiger partial charge is 0.435 e. The Morgan fingerprint density at radius 3 is 2.29 bits per heavy atom. The molecule has 1 aromatic heterocycles. The van der Waals surface area contributed by atoms with Gasteiger partial charge in [0.15, 0.2) is 11.5 Å². The fourth-order valence-corrected chi connectivity index (χ4v) is 3.67. The first-order valence-corrected chi connectivity index (χ1v) is 11.2. The molecule has 4 aromatic rings. The summed E-state index contributed by atoms with van der Waals surface area (Å²) in [6.07, 6.45) is -4.89. The number of aromatic nitrogens is 2. The van der Waals surface area contributed by atoms with Crippen LogP contribution in [0, 0.1) is 5.82 Å². The standard InChI is InChI=1S/C24H15Cl2F4N5O3/c25-13-3-1-2-12(4-13)22(38)33-23(31-16-6-14(26)5-15(27)7-16)32-21-11-20(24(28,29)30)34-35(21)17-8-18(36)10-19(37)9-17/h1-11,36-37H,(H2,31,32,33,38). The largest absolute Gasteiger partial charge is 0.508 e. The van der Waals surface area contributed by atoms with Crippen LogP contribution in [0.3, 0.4) is 0 Å². The predicted octanol–water partition coefficient (Wildman–Crippen LogP) is 6.28. The number of carbonyl (C=O) groups excluding carboxylic acids is 1. The molecule has 0 unspecified atom stereocenters. The lowest BCUT2D eigenvalue weighted by atomic mass is 10.2. The van der Waals surface area contributed by atoms with Crippen LogP contribution in [0.1, 0.15) is 16.1 Å². The van der Waals surface area contributed by atoms with Crippen molar-refractivity contribution in [1.29, 1.82) is 0 Å². The van der Waals surface area contributed by atoms with Gasteiger partial charge in [0, 0.05) is 45.6 Å². The van der Waals surface area contributed by atoms with Crippen LogP contribution in [-0.4, -0.2) is 31.9 Å². The van der Waals surface area contributed by atoms with Gasteiger partial charge in [-0.15, -0.1) is 0 Å². The summed E-state index contributed by atoms with van der Waals surface area (Å²) in [5, 5.41) is 28.4. The number of alkyl halides is 3. The number of phenolic OH excluding ortho intramolecular Hbond substituents is 2. The molecule has 0 atom stereocenters. The minimum Gasteiger partial charge on any atom is -0.508 e. The maximum atomic E-state index is 13.9. The maximum Gasteiger partial charge on any atom is 0.435 e. The van der Waals surface area contributed by atoms with Gasteiger partial charge in [0.05, 0.1) is 5.69 Å². The van der Waals surface area contributed by atoms with E-state index >= 15 is 0 Å². The molecule has 8 nitrogen and oxygen atoms in total. The average molecular weight is 568 g/mol. The number of anilines is 1. The van der Waals surface area contributed by atoms with Crippen molar-refractivity contribution in [2.45, 2.75) is 6.18 Å². The summed E-state index contributed by atoms with van der Waals surface area (Å²) >= 11 is 11.8. The summed E-state index contributed by atoms with van der Waals surface area (Å²) in [5.41, 5.74) is -1.43. The number of amides is 1. The van der Waals surface area contributed by atoms with Gasteiger partial charge in [-0.2, -0.15) is 23.3 Å². The Bertz CT molecular complexity index is 1520. The zero-order valence-corrected chi connectivity index (χ0v) is 20.3. The first-order chi connectivity index (χ1) is 17.9. The van der Waals surface area contributed by atoms with Gasteiger partial charge in [-0.05, 0) is 36.4 Å². The van der Waals surface area contributed by atoms with E-state index in [9.17, 15) is 32.6 Å². The molecule has 38 heavy (non-hydrogen) atoms. The van der Waals surface area contributed by atoms with Crippen LogP contribution in [0.2, 0.25) is 10.0 Å². The molecule has 0 spiro atoms. The first-order valence-electron chi connectivity index (χ1n) is 10.5. The topological polar surface area (TPSA) is 112 Å². The molecule has 196 valence electrons. The van der Waals surface area contributed by atoms with E-state index in [0.29, 0.717) is 10.7 Å². The molecule has 0 bridgehead atoms. The Hall–Kier alpha value is -4.29. The number of aromatic hydroxyl groups is 2. The van der Waals surface area contributed by atoms with Crippen molar-refractivity contribution < 1.29 is 32.6 Å². The Kier molecular flexibility index (Phi) is 7.46. The summed E-state index contributed by atoms with van der Waals surface area (Å²) in [6.45, 7) is 0. The van der Waals surface area contributed by atoms with E-state index in [4.69, 9.17) is 23.2 Å². The number of nitrogens with one attached hydrogen (secondary N) is 2. The molecular weight excluding hydrogens is 553 g/mol. The Morgan fingerprint density at radius 1 is 0.947 bits per heavy atom. The van der Waals surface area contributed by atoms with Gasteiger partial charge in [-0.1, -0.05) is 29.3 Å². The normalized spacial score (nSPS) is 11.9. The number of carbonyl (C=O) groups is 1. The van der Waals surface area contributed by atoms with Crippen LogP contribution in [0.5, 0.6) is 11.5 Å². The minimum absolute atomic E-state index is 0.00680. The Balaban J connectivity index is 1.84. The second kappa shape index (κ2) is 10.6. The van der Waals surface area contributed by atoms with Crippen LogP contribution in [0.4, 0.5) is 29.1 Å². The van der Waals surface area contributed by atoms with Crippen molar-refractivity contribution in [3.63, 3.8) is 0 Å². The molecule has 0 radical (unpaired) electrons. The molecule has 14 heteroatoms. The lowest BCUT2D eigenvalue weighted by molar-refractivity contribution is -0.141. The number of benzene rings is 3. The predicted molar refractivity (Wildman–Crippen MR) is 133 cm³/mol. The molecule has 0 saturated heterocycles. The van der Waals surface area contributed by atoms with Gasteiger partial charge < -0.3 is 15.5 Å². The van der Waals surface area contributed by atoms with Crippen molar-refractivity contribution in [1.82, 2.24) is 15.1 Å². The summed E-state index contributed by atoms with van der Waals surface area (Å²) in [7, 11) is 0. The van der Waals surface area contributed by atoms with Gasteiger partial charge in [0.25, 0.3) is 5.91 Å². The molecule has 1 amide bonds. The molecule has 1 heterocycles. The van der Waals surface area contributed by atoms with Gasteiger partial charge in [-0.25, -0.2) is 9.07 Å². The fourth-order valence-electron chi connectivity index (χ4n) is 3.26. The van der Waals surface area contributed by atoms with Crippen LogP contribution >= 0.6 is 23.2 Å². The SMILES string of the molecule is O=C(NC(=Nc1cc(C(F)(F)F)nn1-c1cc(O)cc(O)c1)Nc1cc(F)cc(Cl)c1)c1cccc(Cl)c1. The monoisotopic (exact) mass is 567 g/mol. The van der Waals surface area contributed by atoms with E-state index in [1.807, 2.05) is 0 Å². The van der Waals surface area contributed by atoms with Gasteiger partial charge in [0.2, 0.25) is 5.96 Å². The highest BCUT2D eigenvalue weighted by molar-refractivity contribution is 6.31. The maximum absolute atomic E-state index is 13.9. The van der Waals surface area contributed by atoms with E-state index in [2.05, 4.69) is 20.7 Å². The van der Waals surface area contributed by atoms with Gasteiger partial charge >= 0.3 is 6.18 Å². The highest BCUT2D eigenvalue weighted by Crippen LogP contribution is 2.34. The average Bonchev–Trinajstić information content (AvgIpc) is 3.22. The third-order valence-electron chi connectivity index (χ3n) is 4.78. The Morgan fingerprint density at radius 2 is 1.66 bits per heavy atom. The summed E-state index contributed by atoms with van der Waals surface area (Å²) in [4.78, 5) is 17.0. The highest BCUT2D eigenvalue weighted by Gasteiger charge is 2.35. The van der Waals surface area contributed by atoms with Crippen molar-refractivity contribution >= 4 is 46.6 Å². The minimum atomic E-state index is -4.89. The van der Waals surface area contributed by atoms with Gasteiger partial charge in [0.1, 0.15) is 17.3 Å². The Labute approximate surface area is 221 Å². The van der Waals surface area contributed by atoms with Crippen LogP contribution < -0.4 is 10.6 Å². The van der Waals surface area contributed by atoms with Crippen molar-refractivity contribution in [2.24, 2.45) is 4.99 Å². The van der Waals surface area contributed by atoms with E-state index in [1.165, 1.54) is 30.3 Å². The third kappa shape index (κ3) is 6.52. The lowest BCUT2D eigenvalue weighted by Crippen LogP contribution is -2.36. The number of rotatable bonds is 4. The molecule has 3 aromatic carbocycles. The number of guanidine groups is 1. The van der Waals surface area contributed by atoms with Crippen molar-refractivity contribution in [2.75, 3.05) is 5.32 Å². The summed E-state index contributed by atoms with van der Waals surface area (Å²) < 4.78 is 55.2. The van der Waals surface area contributed by atoms with Crippen LogP contribution in [0.25, 0.3) is 5.69 Å². The van der Waals surface area contributed by atoms with Crippen LogP contribution in [-0.2, 0) is 6.18 Å². The number of hydrogen-bond acceptors (Lipinski definition) is 5. The fraction of sp³-hybridized carbons (Fsp3) is 0.0417. The van der Waals surface area contributed by atoms with E-state index in [0.717, 1.165) is 30.3 Å². The number of phenols is 2. The number of aliphatic imine (C=N–C) groups is 1. The zero-order valence-electron chi connectivity index (χ0n) is 18.8. The quantitative estimate of drug-likeness (QED) is 0.132. The molecule has 4 rings (SSSR count). The summed E-state index contributed by atoms with van der Waals surface area (Å²) in [5.74, 6) is -3.31. The first kappa shape index (κ1) is 26.8. The van der Waals surface area contributed by atoms with E-state index in [-0.39, 0.29) is 27.0 Å². The molecule has 0 fully saturated rings.